The minimum atomic E-state index is -0.931. The molecule has 1 rings (SSSR count). The topological polar surface area (TPSA) is 79.8 Å². The van der Waals surface area contributed by atoms with Gasteiger partial charge in [-0.1, -0.05) is 0 Å². The molecule has 1 aliphatic heterocycles. The third kappa shape index (κ3) is 2.79. The molecule has 0 unspecified atom stereocenters. The van der Waals surface area contributed by atoms with E-state index in [2.05, 4.69) is 4.94 Å². The van der Waals surface area contributed by atoms with E-state index in [1.807, 2.05) is 0 Å². The number of carbonyl (C=O) groups is 1. The van der Waals surface area contributed by atoms with E-state index >= 15 is 0 Å². The van der Waals surface area contributed by atoms with Gasteiger partial charge in [0.15, 0.2) is 0 Å². The highest BCUT2D eigenvalue weighted by Gasteiger charge is 2.24. The van der Waals surface area contributed by atoms with Crippen LogP contribution in [-0.2, 0) is 19.2 Å². The minimum absolute atomic E-state index is 0. The monoisotopic (exact) mass is 167 g/mol. The molecular formula is C5H10FNO4. The lowest BCUT2D eigenvalue weighted by atomic mass is 10.2. The van der Waals surface area contributed by atoms with E-state index in [4.69, 9.17) is 9.47 Å². The molecule has 1 aliphatic rings. The molecule has 0 aromatic carbocycles. The highest BCUT2D eigenvalue weighted by Crippen LogP contribution is 2.06. The van der Waals surface area contributed by atoms with Crippen molar-refractivity contribution in [3.63, 3.8) is 0 Å². The molecule has 0 aromatic rings. The fraction of sp³-hybridized carbons (Fsp3) is 0.800. The molecule has 0 atom stereocenters. The van der Waals surface area contributed by atoms with Crippen molar-refractivity contribution in [1.29, 1.82) is 0 Å². The average Bonchev–Trinajstić information content (AvgIpc) is 2.05. The molecule has 0 amide bonds. The van der Waals surface area contributed by atoms with Crippen molar-refractivity contribution in [2.45, 2.75) is 0 Å². The van der Waals surface area contributed by atoms with E-state index in [1.165, 1.54) is 0 Å². The van der Waals surface area contributed by atoms with Crippen LogP contribution in [-0.4, -0.2) is 26.0 Å². The molecule has 0 spiro atoms. The van der Waals surface area contributed by atoms with Gasteiger partial charge in [-0.25, -0.2) is 4.79 Å². The van der Waals surface area contributed by atoms with Crippen molar-refractivity contribution in [3.8, 4) is 0 Å². The zero-order chi connectivity index (χ0) is 7.40. The van der Waals surface area contributed by atoms with E-state index in [1.54, 1.807) is 0 Å². The fourth-order valence-corrected chi connectivity index (χ4v) is 0.687. The normalized spacial score (nSPS) is 18.6. The molecule has 5 nitrogen and oxygen atoms in total. The smallest absolute Gasteiger partial charge is 0.354 e. The lowest BCUT2D eigenvalue weighted by Gasteiger charge is -2.18. The zero-order valence-corrected chi connectivity index (χ0v) is 5.92. The molecule has 6 heteroatoms. The Morgan fingerprint density at radius 2 is 2.00 bits per heavy atom. The quantitative estimate of drug-likeness (QED) is 0.603. The van der Waals surface area contributed by atoms with Crippen molar-refractivity contribution in [1.82, 2.24) is 6.15 Å². The van der Waals surface area contributed by atoms with Gasteiger partial charge in [0.2, 0.25) is 0 Å². The highest BCUT2D eigenvalue weighted by atomic mass is 19.3. The summed E-state index contributed by atoms with van der Waals surface area (Å²) in [6.07, 6.45) is 0. The van der Waals surface area contributed by atoms with Crippen LogP contribution >= 0.6 is 0 Å². The molecule has 1 saturated heterocycles. The molecule has 3 N–H and O–H groups in total. The lowest BCUT2D eigenvalue weighted by molar-refractivity contribution is -0.204. The standard InChI is InChI=1S/C5H7FO4.H3N/c6-10-5(7)4-1-8-3-9-2-4;/h4H,1-3H2;1H3. The van der Waals surface area contributed by atoms with Crippen LogP contribution < -0.4 is 6.15 Å². The predicted octanol–water partition coefficient (Wildman–Crippen LogP) is 0.197. The molecule has 11 heavy (non-hydrogen) atoms. The summed E-state index contributed by atoms with van der Waals surface area (Å²) in [7, 11) is 0. The number of rotatable bonds is 1. The Balaban J connectivity index is 0.000001000. The van der Waals surface area contributed by atoms with E-state index in [0.29, 0.717) is 0 Å². The first-order valence-electron chi connectivity index (χ1n) is 2.82. The van der Waals surface area contributed by atoms with Crippen LogP contribution in [0.4, 0.5) is 4.53 Å². The number of hydrogen-bond acceptors (Lipinski definition) is 5. The maximum absolute atomic E-state index is 11.2. The molecule has 0 aliphatic carbocycles. The van der Waals surface area contributed by atoms with Crippen LogP contribution in [0, 0.1) is 5.92 Å². The minimum Gasteiger partial charge on any atom is -0.354 e. The van der Waals surface area contributed by atoms with Crippen molar-refractivity contribution >= 4 is 5.97 Å². The van der Waals surface area contributed by atoms with Gasteiger partial charge >= 0.3 is 5.97 Å². The lowest BCUT2D eigenvalue weighted by Crippen LogP contribution is -2.30. The van der Waals surface area contributed by atoms with E-state index in [0.717, 1.165) is 0 Å². The van der Waals surface area contributed by atoms with Crippen molar-refractivity contribution in [2.75, 3.05) is 20.0 Å². The van der Waals surface area contributed by atoms with Crippen LogP contribution in [0.3, 0.4) is 0 Å². The number of halogens is 1. The van der Waals surface area contributed by atoms with E-state index in [9.17, 15) is 9.32 Å². The van der Waals surface area contributed by atoms with Gasteiger partial charge in [0.1, 0.15) is 12.7 Å². The second-order valence-corrected chi connectivity index (χ2v) is 1.95. The van der Waals surface area contributed by atoms with Gasteiger partial charge in [0.05, 0.1) is 13.2 Å². The summed E-state index contributed by atoms with van der Waals surface area (Å²) < 4.78 is 20.6. The van der Waals surface area contributed by atoms with Crippen molar-refractivity contribution < 1.29 is 23.7 Å². The Morgan fingerprint density at radius 3 is 2.45 bits per heavy atom. The van der Waals surface area contributed by atoms with Gasteiger partial charge in [-0.05, 0) is 0 Å². The van der Waals surface area contributed by atoms with Crippen molar-refractivity contribution in [3.05, 3.63) is 0 Å². The SMILES string of the molecule is N.O=C(OF)C1COCOC1. The Hall–Kier alpha value is -0.720. The molecule has 0 saturated carbocycles. The van der Waals surface area contributed by atoms with Crippen LogP contribution in [0.5, 0.6) is 0 Å². The van der Waals surface area contributed by atoms with Gasteiger partial charge in [0, 0.05) is 4.53 Å². The fourth-order valence-electron chi connectivity index (χ4n) is 0.687. The van der Waals surface area contributed by atoms with Crippen LogP contribution in [0.2, 0.25) is 0 Å². The Labute approximate surface area is 62.9 Å². The predicted molar refractivity (Wildman–Crippen MR) is 32.5 cm³/mol. The summed E-state index contributed by atoms with van der Waals surface area (Å²) >= 11 is 0. The van der Waals surface area contributed by atoms with Crippen LogP contribution in [0.15, 0.2) is 0 Å². The van der Waals surface area contributed by atoms with E-state index < -0.39 is 11.9 Å². The summed E-state index contributed by atoms with van der Waals surface area (Å²) in [5.74, 6) is -1.54. The summed E-state index contributed by atoms with van der Waals surface area (Å²) in [4.78, 5) is 13.4. The third-order valence-electron chi connectivity index (χ3n) is 1.21. The first kappa shape index (κ1) is 10.3. The molecule has 66 valence electrons. The molecule has 0 bridgehead atoms. The number of carbonyl (C=O) groups excluding carboxylic acids is 1. The first-order valence-corrected chi connectivity index (χ1v) is 2.82. The third-order valence-corrected chi connectivity index (χ3v) is 1.21. The summed E-state index contributed by atoms with van der Waals surface area (Å²) in [5.41, 5.74) is 0. The molecule has 1 fully saturated rings. The average molecular weight is 167 g/mol. The summed E-state index contributed by atoms with van der Waals surface area (Å²) in [5, 5.41) is 0. The number of hydrogen-bond donors (Lipinski definition) is 1. The Morgan fingerprint density at radius 1 is 1.45 bits per heavy atom. The van der Waals surface area contributed by atoms with Gasteiger partial charge in [-0.15, -0.1) is 0 Å². The van der Waals surface area contributed by atoms with Gasteiger partial charge < -0.3 is 15.6 Å². The van der Waals surface area contributed by atoms with E-state index in [-0.39, 0.29) is 26.2 Å². The second kappa shape index (κ2) is 5.00. The Kier molecular flexibility index (Phi) is 4.67. The largest absolute Gasteiger partial charge is 0.356 e. The van der Waals surface area contributed by atoms with Gasteiger partial charge in [-0.3, -0.25) is 4.94 Å². The summed E-state index contributed by atoms with van der Waals surface area (Å²) in [6.45, 7) is 0.502. The zero-order valence-electron chi connectivity index (χ0n) is 5.92. The first-order chi connectivity index (χ1) is 4.84. The molecule has 0 aromatic heterocycles. The number of ether oxygens (including phenoxy) is 2. The highest BCUT2D eigenvalue weighted by molar-refractivity contribution is 5.72. The van der Waals surface area contributed by atoms with Crippen LogP contribution in [0.25, 0.3) is 0 Å². The maximum Gasteiger partial charge on any atom is 0.356 e. The Bertz CT molecular complexity index is 126. The summed E-state index contributed by atoms with van der Waals surface area (Å²) in [6, 6.07) is 0. The van der Waals surface area contributed by atoms with Gasteiger partial charge in [0.25, 0.3) is 0 Å². The molecular weight excluding hydrogens is 157 g/mol. The van der Waals surface area contributed by atoms with Gasteiger partial charge in [-0.2, -0.15) is 0 Å². The second-order valence-electron chi connectivity index (χ2n) is 1.95. The maximum atomic E-state index is 11.2. The van der Waals surface area contributed by atoms with Crippen LogP contribution in [0.1, 0.15) is 0 Å². The molecule has 1 heterocycles. The molecule has 0 radical (unpaired) electrons. The van der Waals surface area contributed by atoms with Crippen molar-refractivity contribution in [2.24, 2.45) is 5.92 Å².